The molecule has 9 heteroatoms. The van der Waals surface area contributed by atoms with Gasteiger partial charge >= 0.3 is 6.03 Å². The zero-order valence-electron chi connectivity index (χ0n) is 18.0. The molecule has 2 aromatic heterocycles. The Labute approximate surface area is 179 Å². The van der Waals surface area contributed by atoms with Gasteiger partial charge in [-0.1, -0.05) is 17.3 Å². The van der Waals surface area contributed by atoms with E-state index in [2.05, 4.69) is 15.6 Å². The molecular weight excluding hydrogens is 398 g/mol. The molecule has 1 atom stereocenters. The van der Waals surface area contributed by atoms with Gasteiger partial charge in [0.05, 0.1) is 13.3 Å². The average molecular weight is 421 g/mol. The molecule has 1 fully saturated rings. The van der Waals surface area contributed by atoms with E-state index in [0.29, 0.717) is 22.9 Å². The summed E-state index contributed by atoms with van der Waals surface area (Å²) in [6.07, 6.45) is 1.50. The van der Waals surface area contributed by atoms with Crippen molar-refractivity contribution < 1.29 is 18.8 Å². The molecule has 3 heterocycles. The van der Waals surface area contributed by atoms with E-state index in [1.165, 1.54) is 6.21 Å². The number of benzene rings is 1. The van der Waals surface area contributed by atoms with E-state index < -0.39 is 17.5 Å². The van der Waals surface area contributed by atoms with Gasteiger partial charge in [-0.05, 0) is 51.5 Å². The van der Waals surface area contributed by atoms with Gasteiger partial charge in [0.2, 0.25) is 0 Å². The van der Waals surface area contributed by atoms with Crippen LogP contribution >= 0.6 is 0 Å². The van der Waals surface area contributed by atoms with Gasteiger partial charge in [0, 0.05) is 23.0 Å². The summed E-state index contributed by atoms with van der Waals surface area (Å²) in [6.45, 7) is 7.32. The lowest BCUT2D eigenvalue weighted by molar-refractivity contribution is -0.131. The molecule has 1 saturated heterocycles. The molecule has 160 valence electrons. The van der Waals surface area contributed by atoms with Crippen molar-refractivity contribution in [2.75, 3.05) is 7.11 Å². The summed E-state index contributed by atoms with van der Waals surface area (Å²) in [5.41, 5.74) is 1.98. The Morgan fingerprint density at radius 1 is 1.16 bits per heavy atom. The van der Waals surface area contributed by atoms with Crippen molar-refractivity contribution in [3.8, 4) is 11.6 Å². The molecule has 0 radical (unpaired) electrons. The van der Waals surface area contributed by atoms with E-state index >= 15 is 0 Å². The second-order valence-corrected chi connectivity index (χ2v) is 7.60. The van der Waals surface area contributed by atoms with E-state index in [4.69, 9.17) is 9.26 Å². The Balaban J connectivity index is 1.61. The lowest BCUT2D eigenvalue weighted by Crippen LogP contribution is -2.40. The van der Waals surface area contributed by atoms with Gasteiger partial charge in [-0.25, -0.2) is 4.79 Å². The molecule has 1 aliphatic rings. The van der Waals surface area contributed by atoms with Gasteiger partial charge < -0.3 is 14.6 Å². The molecule has 1 aromatic carbocycles. The zero-order chi connectivity index (χ0) is 22.3. The summed E-state index contributed by atoms with van der Waals surface area (Å²) in [7, 11) is 1.57. The number of aromatic nitrogens is 2. The van der Waals surface area contributed by atoms with E-state index in [9.17, 15) is 9.59 Å². The lowest BCUT2D eigenvalue weighted by Gasteiger charge is -2.21. The number of hydrogen-bond acceptors (Lipinski definition) is 6. The Morgan fingerprint density at radius 2 is 1.87 bits per heavy atom. The number of rotatable bonds is 5. The minimum absolute atomic E-state index is 0.458. The number of amides is 3. The molecule has 0 spiro atoms. The Hall–Kier alpha value is -3.88. The number of aryl methyl sites for hydroxylation is 2. The number of carbonyl (C=O) groups excluding carboxylic acids is 2. The van der Waals surface area contributed by atoms with Crippen LogP contribution in [0.15, 0.2) is 46.0 Å². The maximum Gasteiger partial charge on any atom is 0.346 e. The van der Waals surface area contributed by atoms with Crippen LogP contribution in [0.1, 0.15) is 35.2 Å². The molecule has 9 nitrogen and oxygen atoms in total. The number of hydrazone groups is 1. The van der Waals surface area contributed by atoms with Gasteiger partial charge in [-0.3, -0.25) is 9.36 Å². The summed E-state index contributed by atoms with van der Waals surface area (Å²) in [5, 5.41) is 11.8. The van der Waals surface area contributed by atoms with E-state index in [1.807, 2.05) is 37.5 Å². The molecule has 1 aliphatic heterocycles. The number of hydrogen-bond donors (Lipinski definition) is 1. The first-order valence-electron chi connectivity index (χ1n) is 9.72. The second-order valence-electron chi connectivity index (χ2n) is 7.60. The number of urea groups is 1. The normalized spacial score (nSPS) is 18.8. The third kappa shape index (κ3) is 3.37. The minimum atomic E-state index is -1.21. The molecule has 4 rings (SSSR count). The van der Waals surface area contributed by atoms with Gasteiger partial charge in [0.25, 0.3) is 5.91 Å². The number of ether oxygens (including phenoxy) is 1. The number of nitrogens with one attached hydrogen (secondary N) is 1. The van der Waals surface area contributed by atoms with Crippen LogP contribution in [0.4, 0.5) is 4.79 Å². The van der Waals surface area contributed by atoms with Crippen molar-refractivity contribution in [3.63, 3.8) is 0 Å². The van der Waals surface area contributed by atoms with Gasteiger partial charge in [-0.2, -0.15) is 5.10 Å². The van der Waals surface area contributed by atoms with Crippen molar-refractivity contribution in [1.82, 2.24) is 20.0 Å². The standard InChI is InChI=1S/C22H23N5O4/c1-13-10-16(15(3)26(13)19-11-14(2)31-25-19)12-23-27-20(28)22(4,24-21(27)29)17-6-8-18(30-5)9-7-17/h6-12H,1-5H3,(H,24,29)/b23-12-/t22-/m0/s1. The summed E-state index contributed by atoms with van der Waals surface area (Å²) in [5.74, 6) is 1.57. The quantitative estimate of drug-likeness (QED) is 0.503. The van der Waals surface area contributed by atoms with Crippen LogP contribution in [0, 0.1) is 20.8 Å². The summed E-state index contributed by atoms with van der Waals surface area (Å²) >= 11 is 0. The highest BCUT2D eigenvalue weighted by Gasteiger charge is 2.49. The molecule has 0 aliphatic carbocycles. The monoisotopic (exact) mass is 421 g/mol. The first-order valence-corrected chi connectivity index (χ1v) is 9.72. The highest BCUT2D eigenvalue weighted by Crippen LogP contribution is 2.30. The molecule has 3 amide bonds. The topological polar surface area (TPSA) is 102 Å². The van der Waals surface area contributed by atoms with Crippen LogP contribution in [-0.4, -0.2) is 40.0 Å². The van der Waals surface area contributed by atoms with Crippen LogP contribution in [0.2, 0.25) is 0 Å². The molecule has 0 bridgehead atoms. The zero-order valence-corrected chi connectivity index (χ0v) is 18.0. The number of carbonyl (C=O) groups is 2. The highest BCUT2D eigenvalue weighted by molar-refractivity contribution is 6.07. The van der Waals surface area contributed by atoms with E-state index in [1.54, 1.807) is 38.3 Å². The average Bonchev–Trinajstić information content (AvgIpc) is 3.36. The van der Waals surface area contributed by atoms with Crippen molar-refractivity contribution in [2.24, 2.45) is 5.10 Å². The first-order chi connectivity index (χ1) is 14.7. The Kier molecular flexibility index (Phi) is 4.88. The van der Waals surface area contributed by atoms with Crippen LogP contribution < -0.4 is 10.1 Å². The predicted octanol–water partition coefficient (Wildman–Crippen LogP) is 3.20. The van der Waals surface area contributed by atoms with Gasteiger partial charge in [0.15, 0.2) is 5.82 Å². The van der Waals surface area contributed by atoms with E-state index in [-0.39, 0.29) is 0 Å². The smallest absolute Gasteiger partial charge is 0.346 e. The lowest BCUT2D eigenvalue weighted by atomic mass is 9.92. The van der Waals surface area contributed by atoms with Crippen LogP contribution in [-0.2, 0) is 10.3 Å². The molecule has 0 unspecified atom stereocenters. The van der Waals surface area contributed by atoms with Crippen LogP contribution in [0.3, 0.4) is 0 Å². The molecule has 3 aromatic rings. The number of methoxy groups -OCH3 is 1. The second kappa shape index (κ2) is 7.42. The minimum Gasteiger partial charge on any atom is -0.497 e. The molecular formula is C22H23N5O4. The first kappa shape index (κ1) is 20.4. The number of imide groups is 1. The third-order valence-corrected chi connectivity index (χ3v) is 5.46. The van der Waals surface area contributed by atoms with Crippen molar-refractivity contribution in [3.05, 3.63) is 64.7 Å². The highest BCUT2D eigenvalue weighted by atomic mass is 16.5. The fourth-order valence-corrected chi connectivity index (χ4v) is 3.70. The van der Waals surface area contributed by atoms with Crippen molar-refractivity contribution in [2.45, 2.75) is 33.2 Å². The van der Waals surface area contributed by atoms with Crippen LogP contribution in [0.5, 0.6) is 5.75 Å². The van der Waals surface area contributed by atoms with Gasteiger partial charge in [-0.15, -0.1) is 5.01 Å². The van der Waals surface area contributed by atoms with Crippen molar-refractivity contribution in [1.29, 1.82) is 0 Å². The molecule has 31 heavy (non-hydrogen) atoms. The number of nitrogens with zero attached hydrogens (tertiary/aromatic N) is 4. The predicted molar refractivity (Wildman–Crippen MR) is 113 cm³/mol. The molecule has 1 N–H and O–H groups in total. The van der Waals surface area contributed by atoms with Gasteiger partial charge in [0.1, 0.15) is 17.0 Å². The van der Waals surface area contributed by atoms with Crippen LogP contribution in [0.25, 0.3) is 5.82 Å². The van der Waals surface area contributed by atoms with Crippen molar-refractivity contribution >= 4 is 18.2 Å². The Morgan fingerprint density at radius 3 is 2.48 bits per heavy atom. The summed E-state index contributed by atoms with van der Waals surface area (Å²) in [6, 6.07) is 10.1. The largest absolute Gasteiger partial charge is 0.497 e. The van der Waals surface area contributed by atoms with E-state index in [0.717, 1.165) is 22.0 Å². The SMILES string of the molecule is COc1ccc([C@]2(C)NC(=O)N(/N=C\c3cc(C)n(-c4cc(C)on4)c3C)C2=O)cc1. The third-order valence-electron chi connectivity index (χ3n) is 5.46. The molecule has 0 saturated carbocycles. The maximum absolute atomic E-state index is 13.1. The maximum atomic E-state index is 13.1. The Bertz CT molecular complexity index is 1190. The fraction of sp³-hybridized carbons (Fsp3) is 0.273. The summed E-state index contributed by atoms with van der Waals surface area (Å²) in [4.78, 5) is 25.6. The fourth-order valence-electron chi connectivity index (χ4n) is 3.70. The summed E-state index contributed by atoms with van der Waals surface area (Å²) < 4.78 is 12.2.